The van der Waals surface area contributed by atoms with E-state index in [1.165, 1.54) is 22.5 Å². The van der Waals surface area contributed by atoms with Gasteiger partial charge in [0.05, 0.1) is 0 Å². The average Bonchev–Trinajstić information content (AvgIpc) is 3.47. The highest BCUT2D eigenvalue weighted by Gasteiger charge is 2.49. The normalized spacial score (nSPS) is 20.7. The smallest absolute Gasteiger partial charge is 0.260 e. The average molecular weight is 441 g/mol. The number of hydrogen-bond acceptors (Lipinski definition) is 4. The van der Waals surface area contributed by atoms with E-state index < -0.39 is 5.60 Å². The lowest BCUT2D eigenvalue weighted by molar-refractivity contribution is -0.160. The Morgan fingerprint density at radius 2 is 1.77 bits per heavy atom. The third kappa shape index (κ3) is 4.74. The lowest BCUT2D eigenvalue weighted by Crippen LogP contribution is -2.52. The van der Waals surface area contributed by atoms with Crippen LogP contribution in [0, 0.1) is 5.92 Å². The zero-order valence-corrected chi connectivity index (χ0v) is 19.7. The predicted molar refractivity (Wildman–Crippen MR) is 127 cm³/mol. The molecule has 2 aliphatic rings. The van der Waals surface area contributed by atoms with Crippen LogP contribution >= 0.6 is 11.3 Å². The van der Waals surface area contributed by atoms with Gasteiger partial charge in [-0.3, -0.25) is 4.79 Å². The molecule has 1 amide bonds. The van der Waals surface area contributed by atoms with E-state index in [0.29, 0.717) is 19.0 Å². The fourth-order valence-corrected chi connectivity index (χ4v) is 6.43. The van der Waals surface area contributed by atoms with Gasteiger partial charge in [0.15, 0.2) is 5.60 Å². The van der Waals surface area contributed by atoms with Crippen molar-refractivity contribution in [2.45, 2.75) is 75.9 Å². The van der Waals surface area contributed by atoms with Gasteiger partial charge in [-0.05, 0) is 74.4 Å². The Bertz CT molecular complexity index is 875. The largest absolute Gasteiger partial charge is 0.374 e. The number of nitrogens with zero attached hydrogens (tertiary/aromatic N) is 1. The summed E-state index contributed by atoms with van der Waals surface area (Å²) in [6, 6.07) is 12.5. The maximum Gasteiger partial charge on any atom is 0.260 e. The highest BCUT2D eigenvalue weighted by atomic mass is 32.1. The zero-order chi connectivity index (χ0) is 22.1. The lowest BCUT2D eigenvalue weighted by atomic mass is 9.80. The molecule has 1 aromatic heterocycles. The first-order valence-corrected chi connectivity index (χ1v) is 12.6. The summed E-state index contributed by atoms with van der Waals surface area (Å²) in [5.74, 6) is 0.379. The highest BCUT2D eigenvalue weighted by Crippen LogP contribution is 2.44. The van der Waals surface area contributed by atoms with Crippen LogP contribution < -0.4 is 5.73 Å². The minimum absolute atomic E-state index is 0.0314. The van der Waals surface area contributed by atoms with E-state index >= 15 is 0 Å². The number of thiophene rings is 1. The molecule has 1 atom stereocenters. The number of benzene rings is 1. The first-order valence-electron chi connectivity index (χ1n) is 11.7. The molecule has 0 radical (unpaired) electrons. The number of amides is 1. The maximum atomic E-state index is 13.7. The van der Waals surface area contributed by atoms with Gasteiger partial charge in [0.1, 0.15) is 0 Å². The molecule has 0 bridgehead atoms. The topological polar surface area (TPSA) is 66.6 Å². The lowest BCUT2D eigenvalue weighted by Gasteiger charge is -2.40. The van der Waals surface area contributed by atoms with Crippen LogP contribution in [0.15, 0.2) is 41.8 Å². The standard InChI is InChI=1S/C26H36N2O2S/c1-25(2,27)18-20-8-3-6-11-22(20)19-13-15-28(16-14-19)24(29)26(30,21-9-4-5-10-21)23-12-7-17-31-23/h3,6-8,11-12,17,19,21,30H,4-5,9-10,13-16,18,27H2,1-2H3. The van der Waals surface area contributed by atoms with Crippen molar-refractivity contribution >= 4 is 17.2 Å². The van der Waals surface area contributed by atoms with Gasteiger partial charge in [-0.25, -0.2) is 0 Å². The van der Waals surface area contributed by atoms with Gasteiger partial charge >= 0.3 is 0 Å². The third-order valence-electron chi connectivity index (χ3n) is 7.09. The number of nitrogens with two attached hydrogens (primary N) is 1. The second-order valence-electron chi connectivity index (χ2n) is 10.2. The van der Waals surface area contributed by atoms with Crippen LogP contribution in [0.2, 0.25) is 0 Å². The van der Waals surface area contributed by atoms with E-state index in [1.54, 1.807) is 0 Å². The molecular formula is C26H36N2O2S. The number of aliphatic hydroxyl groups is 1. The Kier molecular flexibility index (Phi) is 6.57. The summed E-state index contributed by atoms with van der Waals surface area (Å²) in [5, 5.41) is 13.7. The van der Waals surface area contributed by atoms with Gasteiger partial charge in [0, 0.05) is 29.4 Å². The molecule has 31 heavy (non-hydrogen) atoms. The molecule has 1 saturated heterocycles. The number of piperidine rings is 1. The van der Waals surface area contributed by atoms with E-state index in [9.17, 15) is 9.90 Å². The summed E-state index contributed by atoms with van der Waals surface area (Å²) in [7, 11) is 0. The summed E-state index contributed by atoms with van der Waals surface area (Å²) < 4.78 is 0. The molecule has 4 nitrogen and oxygen atoms in total. The molecule has 1 aliphatic carbocycles. The van der Waals surface area contributed by atoms with Crippen molar-refractivity contribution in [1.29, 1.82) is 0 Å². The van der Waals surface area contributed by atoms with Crippen LogP contribution in [-0.4, -0.2) is 34.5 Å². The molecule has 0 spiro atoms. The van der Waals surface area contributed by atoms with E-state index in [1.807, 2.05) is 22.4 Å². The maximum absolute atomic E-state index is 13.7. The number of likely N-dealkylation sites (tertiary alicyclic amines) is 1. The molecule has 1 aromatic carbocycles. The molecule has 1 saturated carbocycles. The van der Waals surface area contributed by atoms with Crippen LogP contribution in [0.5, 0.6) is 0 Å². The van der Waals surface area contributed by atoms with Gasteiger partial charge in [-0.15, -0.1) is 11.3 Å². The Balaban J connectivity index is 1.49. The van der Waals surface area contributed by atoms with E-state index in [0.717, 1.165) is 49.8 Å². The summed E-state index contributed by atoms with van der Waals surface area (Å²) in [5.41, 5.74) is 7.39. The van der Waals surface area contributed by atoms with Crippen molar-refractivity contribution in [3.05, 3.63) is 57.8 Å². The summed E-state index contributed by atoms with van der Waals surface area (Å²) in [6.45, 7) is 5.54. The van der Waals surface area contributed by atoms with Gasteiger partial charge in [-0.2, -0.15) is 0 Å². The molecule has 4 rings (SSSR count). The first kappa shape index (κ1) is 22.5. The molecule has 3 N–H and O–H groups in total. The summed E-state index contributed by atoms with van der Waals surface area (Å²) in [6.07, 6.45) is 6.77. The summed E-state index contributed by atoms with van der Waals surface area (Å²) >= 11 is 1.50. The van der Waals surface area contributed by atoms with E-state index in [-0.39, 0.29) is 17.4 Å². The highest BCUT2D eigenvalue weighted by molar-refractivity contribution is 7.10. The number of carbonyl (C=O) groups is 1. The quantitative estimate of drug-likeness (QED) is 0.677. The van der Waals surface area contributed by atoms with Crippen molar-refractivity contribution < 1.29 is 9.90 Å². The minimum Gasteiger partial charge on any atom is -0.374 e. The zero-order valence-electron chi connectivity index (χ0n) is 18.8. The molecule has 168 valence electrons. The number of rotatable bonds is 6. The van der Waals surface area contributed by atoms with Crippen LogP contribution in [0.3, 0.4) is 0 Å². The molecule has 1 aliphatic heterocycles. The van der Waals surface area contributed by atoms with Crippen molar-refractivity contribution in [2.24, 2.45) is 11.7 Å². The SMILES string of the molecule is CC(C)(N)Cc1ccccc1C1CCN(C(=O)C(O)(c2cccs2)C2CCCC2)CC1. The van der Waals surface area contributed by atoms with Crippen LogP contribution in [0.4, 0.5) is 0 Å². The predicted octanol–water partition coefficient (Wildman–Crippen LogP) is 4.81. The van der Waals surface area contributed by atoms with E-state index in [2.05, 4.69) is 38.1 Å². The van der Waals surface area contributed by atoms with Crippen LogP contribution in [-0.2, 0) is 16.8 Å². The van der Waals surface area contributed by atoms with Gasteiger partial charge < -0.3 is 15.7 Å². The van der Waals surface area contributed by atoms with Crippen LogP contribution in [0.1, 0.15) is 74.3 Å². The number of hydrogen-bond donors (Lipinski definition) is 2. The fourth-order valence-electron chi connectivity index (χ4n) is 5.54. The molecule has 2 fully saturated rings. The Morgan fingerprint density at radius 3 is 2.39 bits per heavy atom. The molecular weight excluding hydrogens is 404 g/mol. The molecule has 2 aromatic rings. The second-order valence-corrected chi connectivity index (χ2v) is 11.1. The fraction of sp³-hybridized carbons (Fsp3) is 0.577. The Hall–Kier alpha value is -1.69. The molecule has 1 unspecified atom stereocenters. The Labute approximate surface area is 190 Å². The molecule has 5 heteroatoms. The Morgan fingerprint density at radius 1 is 1.10 bits per heavy atom. The van der Waals surface area contributed by atoms with Crippen molar-refractivity contribution in [3.63, 3.8) is 0 Å². The molecule has 2 heterocycles. The van der Waals surface area contributed by atoms with Crippen LogP contribution in [0.25, 0.3) is 0 Å². The van der Waals surface area contributed by atoms with E-state index in [4.69, 9.17) is 5.73 Å². The number of carbonyl (C=O) groups excluding carboxylic acids is 1. The van der Waals surface area contributed by atoms with Gasteiger partial charge in [0.25, 0.3) is 5.91 Å². The van der Waals surface area contributed by atoms with Crippen molar-refractivity contribution in [3.8, 4) is 0 Å². The van der Waals surface area contributed by atoms with Gasteiger partial charge in [-0.1, -0.05) is 43.2 Å². The van der Waals surface area contributed by atoms with Gasteiger partial charge in [0.2, 0.25) is 0 Å². The summed E-state index contributed by atoms with van der Waals surface area (Å²) in [4.78, 5) is 16.4. The third-order valence-corrected chi connectivity index (χ3v) is 8.09. The second kappa shape index (κ2) is 9.05. The van der Waals surface area contributed by atoms with Crippen molar-refractivity contribution in [1.82, 2.24) is 4.90 Å². The first-order chi connectivity index (χ1) is 14.8. The van der Waals surface area contributed by atoms with Crippen molar-refractivity contribution in [2.75, 3.05) is 13.1 Å². The monoisotopic (exact) mass is 440 g/mol. The minimum atomic E-state index is -1.36.